The maximum absolute atomic E-state index is 10.7. The Morgan fingerprint density at radius 2 is 1.24 bits per heavy atom. The van der Waals surface area contributed by atoms with Crippen LogP contribution >= 0.6 is 0 Å². The summed E-state index contributed by atoms with van der Waals surface area (Å²) in [5.74, 6) is -1.90. The van der Waals surface area contributed by atoms with Gasteiger partial charge in [0.05, 0.1) is 0 Å². The summed E-state index contributed by atoms with van der Waals surface area (Å²) in [5.41, 5.74) is 0. The molecular weight excluding hydrogens is 361 g/mol. The van der Waals surface area contributed by atoms with Crippen LogP contribution in [0.15, 0.2) is 0 Å². The minimum atomic E-state index is -4.77. The first kappa shape index (κ1) is 19.7. The standard InChI is InChI=1S/C6H9O7.Na.2O.Sb/c7-1-2(8)3(9)4(10)5(11)6(12)13;;;;/h2-5,8-11H,(H,12,13);;;;/t2-,3+,4-,5-;;;;/m0..../s1. The van der Waals surface area contributed by atoms with Crippen LogP contribution in [0.2, 0.25) is 0 Å². The van der Waals surface area contributed by atoms with Crippen LogP contribution in [0.3, 0.4) is 0 Å². The van der Waals surface area contributed by atoms with E-state index < -0.39 is 54.3 Å². The van der Waals surface area contributed by atoms with Crippen LogP contribution < -0.4 is 0 Å². The van der Waals surface area contributed by atoms with Crippen molar-refractivity contribution in [1.29, 1.82) is 0 Å². The van der Waals surface area contributed by atoms with E-state index in [1.54, 1.807) is 0 Å². The van der Waals surface area contributed by atoms with Crippen LogP contribution in [-0.4, -0.2) is 109 Å². The fraction of sp³-hybridized carbons (Fsp3) is 0.667. The van der Waals surface area contributed by atoms with Crippen LogP contribution in [-0.2, 0) is 15.6 Å². The van der Waals surface area contributed by atoms with Crippen molar-refractivity contribution < 1.29 is 41.2 Å². The van der Waals surface area contributed by atoms with E-state index in [4.69, 9.17) is 25.5 Å². The van der Waals surface area contributed by atoms with Gasteiger partial charge in [-0.25, -0.2) is 0 Å². The van der Waals surface area contributed by atoms with E-state index in [0.29, 0.717) is 0 Å². The normalized spacial score (nSPS) is 17.2. The van der Waals surface area contributed by atoms with Crippen LogP contribution in [0.1, 0.15) is 0 Å². The molecule has 0 aliphatic heterocycles. The number of aliphatic carboxylic acids is 1. The number of hydrogen-bond donors (Lipinski definition) is 5. The Morgan fingerprint density at radius 1 is 0.882 bits per heavy atom. The number of carboxylic acid groups (broad SMARTS) is 1. The van der Waals surface area contributed by atoms with Crippen LogP contribution in [0.25, 0.3) is 0 Å². The molecule has 0 aromatic carbocycles. The minimum Gasteiger partial charge on any atom is 0 e. The summed E-state index contributed by atoms with van der Waals surface area (Å²) in [6.45, 7) is 0. The molecule has 0 spiro atoms. The first-order valence-corrected chi connectivity index (χ1v) is 7.19. The van der Waals surface area contributed by atoms with Crippen molar-refractivity contribution in [3.8, 4) is 0 Å². The summed E-state index contributed by atoms with van der Waals surface area (Å²) in [4.78, 5) is 20.9. The van der Waals surface area contributed by atoms with Gasteiger partial charge in [-0.1, -0.05) is 0 Å². The summed E-state index contributed by atoms with van der Waals surface area (Å²) < 4.78 is 18.8. The molecule has 0 rings (SSSR count). The zero-order chi connectivity index (χ0) is 13.0. The zero-order valence-corrected chi connectivity index (χ0v) is 13.2. The average molecular weight is 370 g/mol. The quantitative estimate of drug-likeness (QED) is 0.290. The van der Waals surface area contributed by atoms with E-state index in [2.05, 4.69) is 0 Å². The molecule has 0 saturated carbocycles. The molecular formula is C6H9NaO9Sb. The number of aliphatic hydroxyl groups is 4. The topological polar surface area (TPSA) is 169 Å². The number of carboxylic acids is 1. The summed E-state index contributed by atoms with van der Waals surface area (Å²) in [5, 5.41) is 43.9. The number of aliphatic hydroxyl groups excluding tert-OH is 4. The van der Waals surface area contributed by atoms with Crippen molar-refractivity contribution in [2.24, 2.45) is 0 Å². The van der Waals surface area contributed by atoms with Gasteiger partial charge in [0.25, 0.3) is 0 Å². The Kier molecular flexibility index (Phi) is 9.86. The van der Waals surface area contributed by atoms with Gasteiger partial charge in [0.1, 0.15) is 0 Å². The number of carbonyl (C=O) groups excluding carboxylic acids is 1. The molecule has 17 heavy (non-hydrogen) atoms. The van der Waals surface area contributed by atoms with Crippen molar-refractivity contribution >= 4 is 59.4 Å². The second-order valence-corrected chi connectivity index (χ2v) is 5.53. The summed E-state index contributed by atoms with van der Waals surface area (Å²) in [6, 6.07) is 0. The molecule has 4 atom stereocenters. The van der Waals surface area contributed by atoms with E-state index in [9.17, 15) is 15.6 Å². The van der Waals surface area contributed by atoms with Crippen molar-refractivity contribution in [1.82, 2.24) is 0 Å². The molecule has 0 heterocycles. The minimum absolute atomic E-state index is 0. The SMILES string of the molecule is O=C(O)[C@@H](O)[C@@H](O)[C@H](O)[C@@H](O)[C](=O)[Sb](=[O])=[O].[Na]. The van der Waals surface area contributed by atoms with Crippen LogP contribution in [0.5, 0.6) is 0 Å². The zero-order valence-electron chi connectivity index (χ0n) is 8.63. The van der Waals surface area contributed by atoms with E-state index in [1.165, 1.54) is 0 Å². The van der Waals surface area contributed by atoms with Gasteiger partial charge < -0.3 is 0 Å². The van der Waals surface area contributed by atoms with Gasteiger partial charge in [-0.3, -0.25) is 0 Å². The molecule has 93 valence electrons. The number of rotatable bonds is 6. The molecule has 0 aliphatic rings. The molecule has 0 aliphatic carbocycles. The summed E-state index contributed by atoms with van der Waals surface area (Å²) >= 11 is -4.77. The van der Waals surface area contributed by atoms with Gasteiger partial charge >= 0.3 is 95.5 Å². The van der Waals surface area contributed by atoms with Crippen molar-refractivity contribution in [2.45, 2.75) is 24.4 Å². The largest absolute Gasteiger partial charge is 0 e. The van der Waals surface area contributed by atoms with Gasteiger partial charge in [0.2, 0.25) is 0 Å². The Hall–Kier alpha value is 0.398. The first-order valence-electron chi connectivity index (χ1n) is 3.83. The Balaban J connectivity index is 0. The summed E-state index contributed by atoms with van der Waals surface area (Å²) in [6.07, 6.45) is -9.69. The Bertz CT molecular complexity index is 345. The van der Waals surface area contributed by atoms with Crippen LogP contribution in [0, 0.1) is 0 Å². The van der Waals surface area contributed by atoms with E-state index in [1.807, 2.05) is 0 Å². The monoisotopic (exact) mass is 369 g/mol. The summed E-state index contributed by atoms with van der Waals surface area (Å²) in [7, 11) is 0. The molecule has 0 unspecified atom stereocenters. The third-order valence-corrected chi connectivity index (χ3v) is 3.47. The number of carbonyl (C=O) groups is 2. The van der Waals surface area contributed by atoms with Gasteiger partial charge in [-0.15, -0.1) is 0 Å². The maximum atomic E-state index is 10.7. The molecule has 11 heteroatoms. The maximum Gasteiger partial charge on any atom is 0 e. The second-order valence-electron chi connectivity index (χ2n) is 2.80. The van der Waals surface area contributed by atoms with E-state index >= 15 is 0 Å². The molecule has 0 amide bonds. The smallest absolute Gasteiger partial charge is 0 e. The molecule has 0 fully saturated rings. The molecule has 9 nitrogen and oxygen atoms in total. The van der Waals surface area contributed by atoms with Gasteiger partial charge in [0.15, 0.2) is 0 Å². The van der Waals surface area contributed by atoms with Gasteiger partial charge in [-0.05, 0) is 0 Å². The fourth-order valence-electron chi connectivity index (χ4n) is 0.774. The third kappa shape index (κ3) is 5.71. The molecule has 0 saturated heterocycles. The average Bonchev–Trinajstić information content (AvgIpc) is 2.23. The molecule has 0 aromatic heterocycles. The number of hydrogen-bond acceptors (Lipinski definition) is 8. The Morgan fingerprint density at radius 3 is 1.53 bits per heavy atom. The van der Waals surface area contributed by atoms with E-state index in [-0.39, 0.29) is 29.6 Å². The molecule has 5 N–H and O–H groups in total. The first-order chi connectivity index (χ1) is 7.20. The van der Waals surface area contributed by atoms with Crippen molar-refractivity contribution in [3.63, 3.8) is 0 Å². The van der Waals surface area contributed by atoms with Gasteiger partial charge in [-0.2, -0.15) is 0 Å². The predicted octanol–water partition coefficient (Wildman–Crippen LogP) is -4.41. The van der Waals surface area contributed by atoms with Crippen molar-refractivity contribution in [2.75, 3.05) is 0 Å². The Labute approximate surface area is 124 Å². The van der Waals surface area contributed by atoms with E-state index in [0.717, 1.165) is 0 Å². The van der Waals surface area contributed by atoms with Crippen LogP contribution in [0.4, 0.5) is 0 Å². The molecule has 1 radical (unpaired) electrons. The molecule has 0 bridgehead atoms. The van der Waals surface area contributed by atoms with Crippen molar-refractivity contribution in [3.05, 3.63) is 0 Å². The second kappa shape index (κ2) is 8.49. The molecule has 0 aromatic rings. The van der Waals surface area contributed by atoms with Gasteiger partial charge in [0, 0.05) is 29.6 Å². The fourth-order valence-corrected chi connectivity index (χ4v) is 1.83. The predicted molar refractivity (Wildman–Crippen MR) is 49.6 cm³/mol. The third-order valence-electron chi connectivity index (χ3n) is 1.68.